The molecular formula is C28H33N5O. The minimum Gasteiger partial charge on any atom is -0.384 e. The summed E-state index contributed by atoms with van der Waals surface area (Å²) in [6.45, 7) is 5.16. The molecule has 2 aromatic heterocycles. The monoisotopic (exact) mass is 455 g/mol. The topological polar surface area (TPSA) is 48.1 Å². The van der Waals surface area contributed by atoms with Crippen LogP contribution in [0.25, 0.3) is 16.6 Å². The van der Waals surface area contributed by atoms with Crippen molar-refractivity contribution in [1.29, 1.82) is 0 Å². The molecule has 0 radical (unpaired) electrons. The van der Waals surface area contributed by atoms with E-state index in [0.717, 1.165) is 64.2 Å². The Labute approximate surface area is 201 Å². The maximum absolute atomic E-state index is 5.42. The summed E-state index contributed by atoms with van der Waals surface area (Å²) >= 11 is 0. The Morgan fingerprint density at radius 1 is 0.941 bits per heavy atom. The number of hydrogen-bond acceptors (Lipinski definition) is 4. The third-order valence-electron chi connectivity index (χ3n) is 6.86. The van der Waals surface area contributed by atoms with Crippen LogP contribution in [0.15, 0.2) is 84.6 Å². The van der Waals surface area contributed by atoms with E-state index in [9.17, 15) is 0 Å². The Balaban J connectivity index is 1.19. The highest BCUT2D eigenvalue weighted by Gasteiger charge is 2.19. The Bertz CT molecular complexity index is 1230. The number of aromatic nitrogens is 4. The number of rotatable bonds is 10. The van der Waals surface area contributed by atoms with Crippen molar-refractivity contribution in [3.05, 3.63) is 90.2 Å². The average Bonchev–Trinajstić information content (AvgIpc) is 3.55. The molecule has 3 heterocycles. The van der Waals surface area contributed by atoms with Gasteiger partial charge in [0.1, 0.15) is 12.7 Å². The third kappa shape index (κ3) is 5.29. The first-order valence-electron chi connectivity index (χ1n) is 12.2. The van der Waals surface area contributed by atoms with Gasteiger partial charge < -0.3 is 9.30 Å². The molecule has 0 fully saturated rings. The zero-order valence-corrected chi connectivity index (χ0v) is 19.9. The summed E-state index contributed by atoms with van der Waals surface area (Å²) < 4.78 is 9.73. The fraction of sp³-hybridized carbons (Fsp3) is 0.357. The molecule has 0 saturated carbocycles. The van der Waals surface area contributed by atoms with E-state index in [1.165, 1.54) is 16.5 Å². The Morgan fingerprint density at radius 3 is 2.62 bits per heavy atom. The molecule has 1 aliphatic heterocycles. The second-order valence-electron chi connectivity index (χ2n) is 9.11. The average molecular weight is 456 g/mol. The van der Waals surface area contributed by atoms with Crippen LogP contribution in [0.4, 0.5) is 0 Å². The molecular weight excluding hydrogens is 422 g/mol. The predicted molar refractivity (Wildman–Crippen MR) is 136 cm³/mol. The van der Waals surface area contributed by atoms with E-state index >= 15 is 0 Å². The number of methoxy groups -OCH3 is 1. The Morgan fingerprint density at radius 2 is 1.79 bits per heavy atom. The molecule has 0 amide bonds. The highest BCUT2D eigenvalue weighted by molar-refractivity contribution is 5.82. The van der Waals surface area contributed by atoms with Crippen LogP contribution in [0.1, 0.15) is 24.8 Å². The first kappa shape index (κ1) is 22.6. The first-order valence-corrected chi connectivity index (χ1v) is 12.2. The van der Waals surface area contributed by atoms with Crippen molar-refractivity contribution in [1.82, 2.24) is 24.2 Å². The summed E-state index contributed by atoms with van der Waals surface area (Å²) in [5, 5.41) is 9.07. The molecule has 0 saturated heterocycles. The van der Waals surface area contributed by atoms with Crippen LogP contribution in [0, 0.1) is 0 Å². The minimum atomic E-state index is 0.800. The lowest BCUT2D eigenvalue weighted by molar-refractivity contribution is 0.195. The summed E-state index contributed by atoms with van der Waals surface area (Å²) in [5.41, 5.74) is 6.96. The molecule has 0 spiro atoms. The van der Waals surface area contributed by atoms with Crippen LogP contribution in [0.5, 0.6) is 0 Å². The molecule has 6 nitrogen and oxygen atoms in total. The SMILES string of the molecule is COCCC1=C(Cc2ccccc2)CCN(CCCn2ccc3cc(-n4cnnc4)ccc32)C1. The van der Waals surface area contributed by atoms with Gasteiger partial charge in [-0.3, -0.25) is 9.47 Å². The van der Waals surface area contributed by atoms with Gasteiger partial charge in [0, 0.05) is 62.7 Å². The maximum atomic E-state index is 5.42. The van der Waals surface area contributed by atoms with Crippen molar-refractivity contribution in [2.24, 2.45) is 0 Å². The molecule has 176 valence electrons. The lowest BCUT2D eigenvalue weighted by atomic mass is 9.92. The fourth-order valence-electron chi connectivity index (χ4n) is 5.00. The highest BCUT2D eigenvalue weighted by Crippen LogP contribution is 2.25. The van der Waals surface area contributed by atoms with Gasteiger partial charge in [0.05, 0.1) is 0 Å². The van der Waals surface area contributed by atoms with Gasteiger partial charge in [-0.15, -0.1) is 10.2 Å². The molecule has 0 atom stereocenters. The van der Waals surface area contributed by atoms with Gasteiger partial charge >= 0.3 is 0 Å². The van der Waals surface area contributed by atoms with Gasteiger partial charge in [0.2, 0.25) is 0 Å². The molecule has 0 aliphatic carbocycles. The molecule has 1 aliphatic rings. The van der Waals surface area contributed by atoms with Crippen molar-refractivity contribution in [2.45, 2.75) is 32.2 Å². The number of ether oxygens (including phenoxy) is 1. The van der Waals surface area contributed by atoms with E-state index in [4.69, 9.17) is 4.74 Å². The van der Waals surface area contributed by atoms with Gasteiger partial charge in [-0.25, -0.2) is 0 Å². The standard InChI is InChI=1S/C28H33N5O/c1-34-17-12-26-20-31(15-10-24(26)18-23-6-3-2-4-7-23)13-5-14-32-16-11-25-19-27(8-9-28(25)32)33-21-29-30-22-33/h2-4,6-9,11,16,19,21-22H,5,10,12-15,17-18,20H2,1H3. The molecule has 0 N–H and O–H groups in total. The third-order valence-corrected chi connectivity index (χ3v) is 6.86. The Kier molecular flexibility index (Phi) is 7.17. The van der Waals surface area contributed by atoms with Gasteiger partial charge in [0.25, 0.3) is 0 Å². The summed E-state index contributed by atoms with van der Waals surface area (Å²) in [5.74, 6) is 0. The largest absolute Gasteiger partial charge is 0.384 e. The molecule has 0 bridgehead atoms. The van der Waals surface area contributed by atoms with E-state index in [-0.39, 0.29) is 0 Å². The highest BCUT2D eigenvalue weighted by atomic mass is 16.5. The first-order chi connectivity index (χ1) is 16.8. The maximum Gasteiger partial charge on any atom is 0.123 e. The van der Waals surface area contributed by atoms with E-state index in [2.05, 4.69) is 80.5 Å². The van der Waals surface area contributed by atoms with Crippen LogP contribution >= 0.6 is 0 Å². The van der Waals surface area contributed by atoms with Gasteiger partial charge in [-0.1, -0.05) is 41.5 Å². The lowest BCUT2D eigenvalue weighted by Gasteiger charge is -2.31. The number of fused-ring (bicyclic) bond motifs is 1. The van der Waals surface area contributed by atoms with Crippen molar-refractivity contribution in [2.75, 3.05) is 33.4 Å². The van der Waals surface area contributed by atoms with Crippen LogP contribution < -0.4 is 0 Å². The van der Waals surface area contributed by atoms with Crippen LogP contribution in [-0.4, -0.2) is 57.6 Å². The second-order valence-corrected chi connectivity index (χ2v) is 9.11. The van der Waals surface area contributed by atoms with Crippen molar-refractivity contribution in [3.8, 4) is 5.69 Å². The smallest absolute Gasteiger partial charge is 0.123 e. The van der Waals surface area contributed by atoms with E-state index < -0.39 is 0 Å². The van der Waals surface area contributed by atoms with Crippen molar-refractivity contribution < 1.29 is 4.74 Å². The normalized spacial score (nSPS) is 14.9. The lowest BCUT2D eigenvalue weighted by Crippen LogP contribution is -2.33. The van der Waals surface area contributed by atoms with Crippen LogP contribution in [0.2, 0.25) is 0 Å². The number of nitrogens with zero attached hydrogens (tertiary/aromatic N) is 5. The predicted octanol–water partition coefficient (Wildman–Crippen LogP) is 4.89. The van der Waals surface area contributed by atoms with E-state index in [1.54, 1.807) is 30.9 Å². The fourth-order valence-corrected chi connectivity index (χ4v) is 5.00. The van der Waals surface area contributed by atoms with E-state index in [1.807, 2.05) is 4.57 Å². The molecule has 4 aromatic rings. The molecule has 34 heavy (non-hydrogen) atoms. The molecule has 2 aromatic carbocycles. The van der Waals surface area contributed by atoms with E-state index in [0.29, 0.717) is 0 Å². The van der Waals surface area contributed by atoms with Crippen LogP contribution in [0.3, 0.4) is 0 Å². The number of aryl methyl sites for hydroxylation is 1. The van der Waals surface area contributed by atoms with Crippen molar-refractivity contribution in [3.63, 3.8) is 0 Å². The Hall–Kier alpha value is -3.22. The summed E-state index contributed by atoms with van der Waals surface area (Å²) in [6, 6.07) is 19.6. The molecule has 5 rings (SSSR count). The number of hydrogen-bond donors (Lipinski definition) is 0. The molecule has 6 heteroatoms. The van der Waals surface area contributed by atoms with Gasteiger partial charge in [-0.05, 0) is 55.5 Å². The van der Waals surface area contributed by atoms with Crippen molar-refractivity contribution >= 4 is 10.9 Å². The summed E-state index contributed by atoms with van der Waals surface area (Å²) in [4.78, 5) is 2.62. The van der Waals surface area contributed by atoms with Crippen LogP contribution in [-0.2, 0) is 17.7 Å². The minimum absolute atomic E-state index is 0.800. The summed E-state index contributed by atoms with van der Waals surface area (Å²) in [6.07, 6.45) is 10.1. The number of benzene rings is 2. The quantitative estimate of drug-likeness (QED) is 0.319. The van der Waals surface area contributed by atoms with Gasteiger partial charge in [0.15, 0.2) is 0 Å². The van der Waals surface area contributed by atoms with Gasteiger partial charge in [-0.2, -0.15) is 0 Å². The molecule has 0 unspecified atom stereocenters. The zero-order valence-electron chi connectivity index (χ0n) is 19.9. The second kappa shape index (κ2) is 10.8. The zero-order chi connectivity index (χ0) is 23.2. The summed E-state index contributed by atoms with van der Waals surface area (Å²) in [7, 11) is 1.80.